The molecule has 0 unspecified atom stereocenters. The second-order valence-corrected chi connectivity index (χ2v) is 4.53. The summed E-state index contributed by atoms with van der Waals surface area (Å²) in [6, 6.07) is 2.01. The first kappa shape index (κ1) is 9.74. The SMILES string of the molecule is COC(=O)CCc1ccsc1Br. The van der Waals surface area contributed by atoms with Crippen LogP contribution in [0.25, 0.3) is 0 Å². The maximum Gasteiger partial charge on any atom is 0.305 e. The maximum absolute atomic E-state index is 10.8. The van der Waals surface area contributed by atoms with E-state index in [1.807, 2.05) is 11.4 Å². The molecule has 66 valence electrons. The molecule has 0 amide bonds. The minimum Gasteiger partial charge on any atom is -0.469 e. The number of carbonyl (C=O) groups excluding carboxylic acids is 1. The number of esters is 1. The van der Waals surface area contributed by atoms with Gasteiger partial charge in [0.15, 0.2) is 0 Å². The standard InChI is InChI=1S/C8H9BrO2S/c1-11-7(10)3-2-6-4-5-12-8(6)9/h4-5H,2-3H2,1H3. The third-order valence-corrected chi connectivity index (χ3v) is 3.33. The van der Waals surface area contributed by atoms with E-state index in [0.29, 0.717) is 6.42 Å². The van der Waals surface area contributed by atoms with Gasteiger partial charge in [0.2, 0.25) is 0 Å². The summed E-state index contributed by atoms with van der Waals surface area (Å²) in [4.78, 5) is 10.8. The van der Waals surface area contributed by atoms with Crippen molar-refractivity contribution < 1.29 is 9.53 Å². The number of methoxy groups -OCH3 is 1. The van der Waals surface area contributed by atoms with E-state index in [2.05, 4.69) is 20.7 Å². The van der Waals surface area contributed by atoms with Gasteiger partial charge in [-0.05, 0) is 39.4 Å². The lowest BCUT2D eigenvalue weighted by atomic mass is 10.2. The Hall–Kier alpha value is -0.350. The van der Waals surface area contributed by atoms with Crippen LogP contribution < -0.4 is 0 Å². The molecule has 12 heavy (non-hydrogen) atoms. The third kappa shape index (κ3) is 2.60. The molecule has 0 saturated carbocycles. The molecule has 0 spiro atoms. The van der Waals surface area contributed by atoms with Gasteiger partial charge in [-0.2, -0.15) is 0 Å². The lowest BCUT2D eigenvalue weighted by Gasteiger charge is -1.97. The largest absolute Gasteiger partial charge is 0.469 e. The van der Waals surface area contributed by atoms with E-state index in [0.717, 1.165) is 10.2 Å². The summed E-state index contributed by atoms with van der Waals surface area (Å²) < 4.78 is 5.64. The minimum atomic E-state index is -0.159. The average Bonchev–Trinajstić information content (AvgIpc) is 2.47. The van der Waals surface area contributed by atoms with Crippen molar-refractivity contribution in [1.29, 1.82) is 0 Å². The van der Waals surface area contributed by atoms with Crippen LogP contribution in [0.15, 0.2) is 15.2 Å². The lowest BCUT2D eigenvalue weighted by Crippen LogP contribution is -2.01. The van der Waals surface area contributed by atoms with E-state index < -0.39 is 0 Å². The van der Waals surface area contributed by atoms with Crippen molar-refractivity contribution in [2.45, 2.75) is 12.8 Å². The molecule has 4 heteroatoms. The summed E-state index contributed by atoms with van der Waals surface area (Å²) >= 11 is 5.03. The first-order valence-electron chi connectivity index (χ1n) is 3.52. The predicted octanol–water partition coefficient (Wildman–Crippen LogP) is 2.62. The average molecular weight is 249 g/mol. The van der Waals surface area contributed by atoms with E-state index >= 15 is 0 Å². The molecule has 0 saturated heterocycles. The summed E-state index contributed by atoms with van der Waals surface area (Å²) in [5.74, 6) is -0.159. The van der Waals surface area contributed by atoms with Crippen molar-refractivity contribution in [3.8, 4) is 0 Å². The summed E-state index contributed by atoms with van der Waals surface area (Å²) in [6.07, 6.45) is 1.20. The zero-order valence-electron chi connectivity index (χ0n) is 6.67. The molecule has 0 aliphatic rings. The highest BCUT2D eigenvalue weighted by Crippen LogP contribution is 2.24. The Labute approximate surface area is 83.7 Å². The van der Waals surface area contributed by atoms with Gasteiger partial charge in [-0.25, -0.2) is 0 Å². The fourth-order valence-corrected chi connectivity index (χ4v) is 2.16. The molecule has 1 rings (SSSR count). The first-order chi connectivity index (χ1) is 5.74. The van der Waals surface area contributed by atoms with Crippen LogP contribution >= 0.6 is 27.3 Å². The molecule has 0 fully saturated rings. The molecule has 0 N–H and O–H groups in total. The Bertz CT molecular complexity index is 270. The Morgan fingerprint density at radius 2 is 2.50 bits per heavy atom. The number of ether oxygens (including phenoxy) is 1. The smallest absolute Gasteiger partial charge is 0.305 e. The quantitative estimate of drug-likeness (QED) is 0.769. The molecule has 1 aromatic rings. The van der Waals surface area contributed by atoms with Crippen LogP contribution in [0.2, 0.25) is 0 Å². The van der Waals surface area contributed by atoms with Crippen LogP contribution in [0.5, 0.6) is 0 Å². The van der Waals surface area contributed by atoms with Crippen molar-refractivity contribution in [3.05, 3.63) is 20.8 Å². The Morgan fingerprint density at radius 3 is 3.00 bits per heavy atom. The van der Waals surface area contributed by atoms with Crippen LogP contribution in [-0.4, -0.2) is 13.1 Å². The normalized spacial score (nSPS) is 9.83. The molecule has 0 aromatic carbocycles. The topological polar surface area (TPSA) is 26.3 Å². The number of halogens is 1. The Balaban J connectivity index is 2.43. The zero-order chi connectivity index (χ0) is 8.97. The highest BCUT2D eigenvalue weighted by atomic mass is 79.9. The van der Waals surface area contributed by atoms with Gasteiger partial charge < -0.3 is 4.74 Å². The molecule has 2 nitrogen and oxygen atoms in total. The zero-order valence-corrected chi connectivity index (χ0v) is 9.07. The fraction of sp³-hybridized carbons (Fsp3) is 0.375. The van der Waals surface area contributed by atoms with Crippen molar-refractivity contribution >= 4 is 33.2 Å². The van der Waals surface area contributed by atoms with Crippen molar-refractivity contribution in [3.63, 3.8) is 0 Å². The first-order valence-corrected chi connectivity index (χ1v) is 5.20. The number of thiophene rings is 1. The molecule has 1 heterocycles. The number of hydrogen-bond acceptors (Lipinski definition) is 3. The van der Waals surface area contributed by atoms with Gasteiger partial charge in [0.1, 0.15) is 0 Å². The van der Waals surface area contributed by atoms with Gasteiger partial charge >= 0.3 is 5.97 Å². The minimum absolute atomic E-state index is 0.159. The summed E-state index contributed by atoms with van der Waals surface area (Å²) in [5, 5.41) is 2.00. The Morgan fingerprint density at radius 1 is 1.75 bits per heavy atom. The molecule has 1 aromatic heterocycles. The molecule has 0 atom stereocenters. The van der Waals surface area contributed by atoms with Gasteiger partial charge in [-0.1, -0.05) is 0 Å². The molecular formula is C8H9BrO2S. The van der Waals surface area contributed by atoms with Crippen molar-refractivity contribution in [2.75, 3.05) is 7.11 Å². The number of rotatable bonds is 3. The van der Waals surface area contributed by atoms with Crippen molar-refractivity contribution in [2.24, 2.45) is 0 Å². The number of hydrogen-bond donors (Lipinski definition) is 0. The second kappa shape index (κ2) is 4.62. The Kier molecular flexibility index (Phi) is 3.75. The van der Waals surface area contributed by atoms with Gasteiger partial charge in [-0.3, -0.25) is 4.79 Å². The summed E-state index contributed by atoms with van der Waals surface area (Å²) in [5.41, 5.74) is 1.17. The monoisotopic (exact) mass is 248 g/mol. The van der Waals surface area contributed by atoms with Gasteiger partial charge in [0.25, 0.3) is 0 Å². The van der Waals surface area contributed by atoms with Crippen LogP contribution in [-0.2, 0) is 16.0 Å². The fourth-order valence-electron chi connectivity index (χ4n) is 0.837. The number of carbonyl (C=O) groups is 1. The highest BCUT2D eigenvalue weighted by molar-refractivity contribution is 9.11. The molecule has 0 aliphatic heterocycles. The second-order valence-electron chi connectivity index (χ2n) is 2.30. The predicted molar refractivity (Wildman–Crippen MR) is 52.4 cm³/mol. The van der Waals surface area contributed by atoms with Gasteiger partial charge in [0, 0.05) is 6.42 Å². The molecule has 0 radical (unpaired) electrons. The van der Waals surface area contributed by atoms with Crippen LogP contribution in [0.1, 0.15) is 12.0 Å². The van der Waals surface area contributed by atoms with E-state index in [1.54, 1.807) is 11.3 Å². The van der Waals surface area contributed by atoms with Crippen molar-refractivity contribution in [1.82, 2.24) is 0 Å². The van der Waals surface area contributed by atoms with E-state index in [9.17, 15) is 4.79 Å². The van der Waals surface area contributed by atoms with Crippen LogP contribution in [0, 0.1) is 0 Å². The van der Waals surface area contributed by atoms with Crippen LogP contribution in [0.4, 0.5) is 0 Å². The number of aryl methyl sites for hydroxylation is 1. The van der Waals surface area contributed by atoms with E-state index in [-0.39, 0.29) is 5.97 Å². The van der Waals surface area contributed by atoms with Gasteiger partial charge in [0.05, 0.1) is 10.9 Å². The molecular weight excluding hydrogens is 240 g/mol. The van der Waals surface area contributed by atoms with E-state index in [1.165, 1.54) is 12.7 Å². The lowest BCUT2D eigenvalue weighted by molar-refractivity contribution is -0.140. The third-order valence-electron chi connectivity index (χ3n) is 1.52. The summed E-state index contributed by atoms with van der Waals surface area (Å²) in [6.45, 7) is 0. The molecule has 0 bridgehead atoms. The molecule has 0 aliphatic carbocycles. The maximum atomic E-state index is 10.8. The van der Waals surface area contributed by atoms with Crippen LogP contribution in [0.3, 0.4) is 0 Å². The summed E-state index contributed by atoms with van der Waals surface area (Å²) in [7, 11) is 1.41. The highest BCUT2D eigenvalue weighted by Gasteiger charge is 2.04. The van der Waals surface area contributed by atoms with E-state index in [4.69, 9.17) is 0 Å². The van der Waals surface area contributed by atoms with Gasteiger partial charge in [-0.15, -0.1) is 11.3 Å².